The van der Waals surface area contributed by atoms with Crippen molar-refractivity contribution in [2.45, 2.75) is 44.8 Å². The summed E-state index contributed by atoms with van der Waals surface area (Å²) in [5.74, 6) is -0.968. The second kappa shape index (κ2) is 8.82. The maximum atomic E-state index is 12.6. The van der Waals surface area contributed by atoms with Crippen LogP contribution in [0.1, 0.15) is 43.6 Å². The standard InChI is InChI=1S/C22H28N2O3/c1-22(2,3)17-12-10-15(11-13-17)14-18(20(23)25)24-21(26)19(27-4)16-8-6-5-7-9-16/h5-13,18-19H,14H2,1-4H3,(H2,23,25)(H,24,26)/t18-,19+/m1/s1. The largest absolute Gasteiger partial charge is 0.368 e. The summed E-state index contributed by atoms with van der Waals surface area (Å²) in [6.07, 6.45) is -0.465. The molecule has 3 N–H and O–H groups in total. The highest BCUT2D eigenvalue weighted by molar-refractivity contribution is 5.89. The van der Waals surface area contributed by atoms with E-state index in [1.54, 1.807) is 12.1 Å². The third-order valence-electron chi connectivity index (χ3n) is 4.50. The van der Waals surface area contributed by atoms with Crippen LogP contribution in [-0.4, -0.2) is 25.0 Å². The number of amides is 2. The van der Waals surface area contributed by atoms with Gasteiger partial charge in [0.25, 0.3) is 5.91 Å². The molecular formula is C22H28N2O3. The molecule has 2 atom stereocenters. The Balaban J connectivity index is 2.11. The van der Waals surface area contributed by atoms with Crippen molar-refractivity contribution in [3.8, 4) is 0 Å². The molecule has 0 aliphatic rings. The van der Waals surface area contributed by atoms with E-state index < -0.39 is 18.1 Å². The summed E-state index contributed by atoms with van der Waals surface area (Å²) >= 11 is 0. The molecule has 0 heterocycles. The highest BCUT2D eigenvalue weighted by atomic mass is 16.5. The summed E-state index contributed by atoms with van der Waals surface area (Å²) in [6, 6.07) is 16.3. The average Bonchev–Trinajstić information content (AvgIpc) is 2.62. The van der Waals surface area contributed by atoms with Gasteiger partial charge >= 0.3 is 0 Å². The van der Waals surface area contributed by atoms with Gasteiger partial charge in [0.15, 0.2) is 6.10 Å². The van der Waals surface area contributed by atoms with Gasteiger partial charge in [-0.1, -0.05) is 75.4 Å². The van der Waals surface area contributed by atoms with Gasteiger partial charge in [-0.3, -0.25) is 9.59 Å². The predicted molar refractivity (Wildman–Crippen MR) is 106 cm³/mol. The minimum atomic E-state index is -0.806. The molecule has 0 spiro atoms. The van der Waals surface area contributed by atoms with Gasteiger partial charge in [0, 0.05) is 13.5 Å². The molecule has 144 valence electrons. The first kappa shape index (κ1) is 20.6. The number of rotatable bonds is 7. The van der Waals surface area contributed by atoms with Crippen LogP contribution in [0.2, 0.25) is 0 Å². The van der Waals surface area contributed by atoms with Gasteiger partial charge in [-0.15, -0.1) is 0 Å². The molecule has 0 aromatic heterocycles. The second-order valence-electron chi connectivity index (χ2n) is 7.64. The normalized spacial score (nSPS) is 13.6. The number of carbonyl (C=O) groups excluding carboxylic acids is 2. The fourth-order valence-corrected chi connectivity index (χ4v) is 2.87. The third-order valence-corrected chi connectivity index (χ3v) is 4.50. The smallest absolute Gasteiger partial charge is 0.254 e. The molecule has 0 saturated heterocycles. The maximum absolute atomic E-state index is 12.6. The van der Waals surface area contributed by atoms with E-state index in [-0.39, 0.29) is 11.3 Å². The van der Waals surface area contributed by atoms with Crippen LogP contribution in [0.5, 0.6) is 0 Å². The zero-order valence-electron chi connectivity index (χ0n) is 16.4. The van der Waals surface area contributed by atoms with Crippen molar-refractivity contribution < 1.29 is 14.3 Å². The van der Waals surface area contributed by atoms with Crippen molar-refractivity contribution in [3.63, 3.8) is 0 Å². The van der Waals surface area contributed by atoms with Gasteiger partial charge in [0.2, 0.25) is 5.91 Å². The molecule has 2 aromatic rings. The van der Waals surface area contributed by atoms with Gasteiger partial charge in [-0.2, -0.15) is 0 Å². The van der Waals surface area contributed by atoms with E-state index in [4.69, 9.17) is 10.5 Å². The first-order valence-corrected chi connectivity index (χ1v) is 8.99. The lowest BCUT2D eigenvalue weighted by Crippen LogP contribution is -2.47. The summed E-state index contributed by atoms with van der Waals surface area (Å²) in [4.78, 5) is 24.5. The summed E-state index contributed by atoms with van der Waals surface area (Å²) in [5, 5.41) is 2.72. The van der Waals surface area contributed by atoms with E-state index in [1.165, 1.54) is 12.7 Å². The highest BCUT2D eigenvalue weighted by Crippen LogP contribution is 2.22. The number of nitrogens with one attached hydrogen (secondary N) is 1. The molecule has 0 fully saturated rings. The number of primary amides is 1. The molecule has 0 unspecified atom stereocenters. The van der Waals surface area contributed by atoms with E-state index >= 15 is 0 Å². The lowest BCUT2D eigenvalue weighted by molar-refractivity contribution is -0.134. The molecule has 2 rings (SSSR count). The van der Waals surface area contributed by atoms with Crippen LogP contribution in [0.3, 0.4) is 0 Å². The SMILES string of the molecule is CO[C@H](C(=O)N[C@H](Cc1ccc(C(C)(C)C)cc1)C(N)=O)c1ccccc1. The number of ether oxygens (including phenoxy) is 1. The van der Waals surface area contributed by atoms with Crippen molar-refractivity contribution in [1.82, 2.24) is 5.32 Å². The number of hydrogen-bond acceptors (Lipinski definition) is 3. The number of nitrogens with two attached hydrogens (primary N) is 1. The predicted octanol–water partition coefficient (Wildman–Crippen LogP) is 2.88. The van der Waals surface area contributed by atoms with E-state index in [0.29, 0.717) is 6.42 Å². The van der Waals surface area contributed by atoms with E-state index in [2.05, 4.69) is 26.1 Å². The van der Waals surface area contributed by atoms with Gasteiger partial charge in [-0.25, -0.2) is 0 Å². The Morgan fingerprint density at radius 3 is 2.11 bits per heavy atom. The second-order valence-corrected chi connectivity index (χ2v) is 7.64. The average molecular weight is 368 g/mol. The first-order valence-electron chi connectivity index (χ1n) is 8.99. The van der Waals surface area contributed by atoms with E-state index in [1.807, 2.05) is 42.5 Å². The maximum Gasteiger partial charge on any atom is 0.254 e. The topological polar surface area (TPSA) is 81.4 Å². The highest BCUT2D eigenvalue weighted by Gasteiger charge is 2.25. The van der Waals surface area contributed by atoms with Crippen LogP contribution in [0.25, 0.3) is 0 Å². The zero-order chi connectivity index (χ0) is 20.0. The lowest BCUT2D eigenvalue weighted by atomic mass is 9.86. The molecule has 2 amide bonds. The molecule has 27 heavy (non-hydrogen) atoms. The number of methoxy groups -OCH3 is 1. The molecule has 0 bridgehead atoms. The molecule has 0 aliphatic carbocycles. The molecule has 5 heteroatoms. The van der Waals surface area contributed by atoms with Gasteiger partial charge in [-0.05, 0) is 22.1 Å². The summed E-state index contributed by atoms with van der Waals surface area (Å²) in [6.45, 7) is 6.43. The van der Waals surface area contributed by atoms with Crippen LogP contribution in [-0.2, 0) is 26.2 Å². The third kappa shape index (κ3) is 5.66. The van der Waals surface area contributed by atoms with Crippen molar-refractivity contribution in [1.29, 1.82) is 0 Å². The van der Waals surface area contributed by atoms with Crippen LogP contribution >= 0.6 is 0 Å². The van der Waals surface area contributed by atoms with Gasteiger partial charge < -0.3 is 15.8 Å². The Labute approximate surface area is 160 Å². The Bertz CT molecular complexity index is 764. The number of carbonyl (C=O) groups is 2. The summed E-state index contributed by atoms with van der Waals surface area (Å²) in [7, 11) is 1.46. The minimum Gasteiger partial charge on any atom is -0.368 e. The molecule has 0 aliphatic heterocycles. The zero-order valence-corrected chi connectivity index (χ0v) is 16.4. The van der Waals surface area contributed by atoms with Crippen molar-refractivity contribution in [2.75, 3.05) is 7.11 Å². The van der Waals surface area contributed by atoms with Crippen LogP contribution in [0, 0.1) is 0 Å². The summed E-state index contributed by atoms with van der Waals surface area (Å²) in [5.41, 5.74) is 8.42. The number of benzene rings is 2. The van der Waals surface area contributed by atoms with Crippen LogP contribution in [0.15, 0.2) is 54.6 Å². The molecule has 2 aromatic carbocycles. The quantitative estimate of drug-likeness (QED) is 0.788. The van der Waals surface area contributed by atoms with Gasteiger partial charge in [0.1, 0.15) is 6.04 Å². The minimum absolute atomic E-state index is 0.0528. The fraction of sp³-hybridized carbons (Fsp3) is 0.364. The lowest BCUT2D eigenvalue weighted by Gasteiger charge is -2.22. The molecule has 5 nitrogen and oxygen atoms in total. The Kier molecular flexibility index (Phi) is 6.75. The van der Waals surface area contributed by atoms with Crippen molar-refractivity contribution in [2.24, 2.45) is 5.73 Å². The summed E-state index contributed by atoms with van der Waals surface area (Å²) < 4.78 is 5.32. The van der Waals surface area contributed by atoms with Crippen LogP contribution < -0.4 is 11.1 Å². The fourth-order valence-electron chi connectivity index (χ4n) is 2.87. The first-order chi connectivity index (χ1) is 12.7. The van der Waals surface area contributed by atoms with E-state index in [0.717, 1.165) is 11.1 Å². The molecule has 0 radical (unpaired) electrons. The monoisotopic (exact) mass is 368 g/mol. The molecule has 0 saturated carbocycles. The Hall–Kier alpha value is -2.66. The Morgan fingerprint density at radius 1 is 1.04 bits per heavy atom. The van der Waals surface area contributed by atoms with Crippen LogP contribution in [0.4, 0.5) is 0 Å². The van der Waals surface area contributed by atoms with Gasteiger partial charge in [0.05, 0.1) is 0 Å². The molecular weight excluding hydrogens is 340 g/mol. The van der Waals surface area contributed by atoms with Crippen molar-refractivity contribution in [3.05, 3.63) is 71.3 Å². The number of hydrogen-bond donors (Lipinski definition) is 2. The van der Waals surface area contributed by atoms with Crippen molar-refractivity contribution >= 4 is 11.8 Å². The Morgan fingerprint density at radius 2 is 1.63 bits per heavy atom. The van der Waals surface area contributed by atoms with E-state index in [9.17, 15) is 9.59 Å².